The van der Waals surface area contributed by atoms with Crippen molar-refractivity contribution in [2.24, 2.45) is 0 Å². The zero-order valence-corrected chi connectivity index (χ0v) is 12.7. The molecule has 0 bridgehead atoms. The number of benzene rings is 1. The molecule has 0 aromatic heterocycles. The van der Waals surface area contributed by atoms with Crippen LogP contribution in [-0.2, 0) is 5.41 Å². The molecule has 0 heterocycles. The van der Waals surface area contributed by atoms with Gasteiger partial charge in [0.1, 0.15) is 0 Å². The second kappa shape index (κ2) is 7.34. The molecule has 1 nitrogen and oxygen atoms in total. The number of hydrogen-bond acceptors (Lipinski definition) is 3. The van der Waals surface area contributed by atoms with Gasteiger partial charge in [-0.3, -0.25) is 0 Å². The fourth-order valence-corrected chi connectivity index (χ4v) is 2.57. The topological polar surface area (TPSA) is 12.0 Å². The van der Waals surface area contributed by atoms with Gasteiger partial charge in [0.2, 0.25) is 0 Å². The molecule has 1 N–H and O–H groups in total. The lowest BCUT2D eigenvalue weighted by atomic mass is 9.84. The van der Waals surface area contributed by atoms with Gasteiger partial charge < -0.3 is 5.32 Å². The zero-order valence-electron chi connectivity index (χ0n) is 11.0. The standard InChI is InChI=1S/C14H23NS2/c1-4-17-13-7-5-12(6-8-13)14(2,3)11-15-9-10-16/h5-8,15-16H,4,9-11H2,1-3H3. The molecule has 0 amide bonds. The molecule has 0 aliphatic carbocycles. The Labute approximate surface area is 115 Å². The minimum absolute atomic E-state index is 0.179. The maximum absolute atomic E-state index is 4.21. The largest absolute Gasteiger partial charge is 0.315 e. The molecule has 0 aliphatic rings. The molecule has 0 saturated carbocycles. The van der Waals surface area contributed by atoms with Crippen molar-refractivity contribution in [2.75, 3.05) is 24.6 Å². The van der Waals surface area contributed by atoms with Gasteiger partial charge >= 0.3 is 0 Å². The summed E-state index contributed by atoms with van der Waals surface area (Å²) in [6, 6.07) is 8.95. The minimum Gasteiger partial charge on any atom is -0.315 e. The molecule has 0 fully saturated rings. The molecular weight excluding hydrogens is 246 g/mol. The minimum atomic E-state index is 0.179. The summed E-state index contributed by atoms with van der Waals surface area (Å²) in [5.74, 6) is 2.02. The van der Waals surface area contributed by atoms with Crippen LogP contribution in [0, 0.1) is 0 Å². The Morgan fingerprint density at radius 1 is 1.24 bits per heavy atom. The Bertz CT molecular complexity index is 319. The van der Waals surface area contributed by atoms with Crippen LogP contribution in [0.5, 0.6) is 0 Å². The first-order valence-corrected chi connectivity index (χ1v) is 7.77. The molecule has 0 saturated heterocycles. The Kier molecular flexibility index (Phi) is 6.45. The molecule has 1 rings (SSSR count). The lowest BCUT2D eigenvalue weighted by Gasteiger charge is -2.26. The van der Waals surface area contributed by atoms with Crippen LogP contribution in [0.4, 0.5) is 0 Å². The fourth-order valence-electron chi connectivity index (χ4n) is 1.75. The van der Waals surface area contributed by atoms with Crippen molar-refractivity contribution in [1.82, 2.24) is 5.32 Å². The van der Waals surface area contributed by atoms with Crippen LogP contribution in [0.25, 0.3) is 0 Å². The normalized spacial score (nSPS) is 11.8. The lowest BCUT2D eigenvalue weighted by Crippen LogP contribution is -2.33. The summed E-state index contributed by atoms with van der Waals surface area (Å²) in [6.07, 6.45) is 0. The van der Waals surface area contributed by atoms with E-state index in [0.717, 1.165) is 24.6 Å². The summed E-state index contributed by atoms with van der Waals surface area (Å²) in [4.78, 5) is 1.36. The zero-order chi connectivity index (χ0) is 12.7. The molecule has 0 radical (unpaired) electrons. The monoisotopic (exact) mass is 269 g/mol. The van der Waals surface area contributed by atoms with Crippen molar-refractivity contribution in [1.29, 1.82) is 0 Å². The van der Waals surface area contributed by atoms with Gasteiger partial charge in [0.25, 0.3) is 0 Å². The SMILES string of the molecule is CCSc1ccc(C(C)(C)CNCCS)cc1. The molecule has 0 aliphatic heterocycles. The highest BCUT2D eigenvalue weighted by Crippen LogP contribution is 2.25. The first-order valence-electron chi connectivity index (χ1n) is 6.15. The molecular formula is C14H23NS2. The molecule has 3 heteroatoms. The molecule has 0 unspecified atom stereocenters. The highest BCUT2D eigenvalue weighted by atomic mass is 32.2. The van der Waals surface area contributed by atoms with E-state index in [9.17, 15) is 0 Å². The second-order valence-electron chi connectivity index (χ2n) is 4.74. The fraction of sp³-hybridized carbons (Fsp3) is 0.571. The summed E-state index contributed by atoms with van der Waals surface area (Å²) in [7, 11) is 0. The van der Waals surface area contributed by atoms with Crippen molar-refractivity contribution >= 4 is 24.4 Å². The van der Waals surface area contributed by atoms with E-state index in [4.69, 9.17) is 0 Å². The number of thiol groups is 1. The molecule has 96 valence electrons. The van der Waals surface area contributed by atoms with Crippen LogP contribution in [0.3, 0.4) is 0 Å². The van der Waals surface area contributed by atoms with Gasteiger partial charge in [-0.05, 0) is 23.4 Å². The predicted molar refractivity (Wildman–Crippen MR) is 82.6 cm³/mol. The first-order chi connectivity index (χ1) is 8.10. The Morgan fingerprint density at radius 3 is 2.41 bits per heavy atom. The van der Waals surface area contributed by atoms with Crippen LogP contribution in [-0.4, -0.2) is 24.6 Å². The summed E-state index contributed by atoms with van der Waals surface area (Å²) < 4.78 is 0. The van der Waals surface area contributed by atoms with Crippen LogP contribution in [0.15, 0.2) is 29.2 Å². The third kappa shape index (κ3) is 4.94. The van der Waals surface area contributed by atoms with Crippen molar-refractivity contribution in [2.45, 2.75) is 31.1 Å². The highest BCUT2D eigenvalue weighted by molar-refractivity contribution is 7.99. The van der Waals surface area contributed by atoms with Crippen molar-refractivity contribution in [3.05, 3.63) is 29.8 Å². The molecule has 0 spiro atoms. The number of rotatable bonds is 7. The van der Waals surface area contributed by atoms with Crippen LogP contribution < -0.4 is 5.32 Å². The number of nitrogens with one attached hydrogen (secondary N) is 1. The van der Waals surface area contributed by atoms with Gasteiger partial charge in [0.05, 0.1) is 0 Å². The third-order valence-corrected chi connectivity index (χ3v) is 3.92. The van der Waals surface area contributed by atoms with Gasteiger partial charge in [-0.25, -0.2) is 0 Å². The molecule has 1 aromatic carbocycles. The highest BCUT2D eigenvalue weighted by Gasteiger charge is 2.19. The van der Waals surface area contributed by atoms with Crippen LogP contribution in [0.1, 0.15) is 26.3 Å². The van der Waals surface area contributed by atoms with Gasteiger partial charge in [0, 0.05) is 29.2 Å². The maximum Gasteiger partial charge on any atom is 0.00720 e. The van der Waals surface area contributed by atoms with Crippen LogP contribution in [0.2, 0.25) is 0 Å². The molecule has 1 aromatic rings. The number of thioether (sulfide) groups is 1. The van der Waals surface area contributed by atoms with Gasteiger partial charge in [0.15, 0.2) is 0 Å². The first kappa shape index (κ1) is 14.9. The Morgan fingerprint density at radius 2 is 1.88 bits per heavy atom. The van der Waals surface area contributed by atoms with E-state index in [0.29, 0.717) is 0 Å². The smallest absolute Gasteiger partial charge is 0.00720 e. The quantitative estimate of drug-likeness (QED) is 0.446. The van der Waals surface area contributed by atoms with Gasteiger partial charge in [-0.15, -0.1) is 11.8 Å². The Hall–Kier alpha value is -0.120. The average Bonchev–Trinajstić information content (AvgIpc) is 2.30. The summed E-state index contributed by atoms with van der Waals surface area (Å²) in [5, 5.41) is 3.43. The number of hydrogen-bond donors (Lipinski definition) is 2. The summed E-state index contributed by atoms with van der Waals surface area (Å²) in [5.41, 5.74) is 1.57. The molecule has 0 atom stereocenters. The van der Waals surface area contributed by atoms with E-state index in [2.05, 4.69) is 63.0 Å². The second-order valence-corrected chi connectivity index (χ2v) is 6.53. The lowest BCUT2D eigenvalue weighted by molar-refractivity contribution is 0.478. The third-order valence-electron chi connectivity index (χ3n) is 2.80. The van der Waals surface area contributed by atoms with Crippen molar-refractivity contribution < 1.29 is 0 Å². The van der Waals surface area contributed by atoms with Gasteiger partial charge in [-0.1, -0.05) is 32.9 Å². The summed E-state index contributed by atoms with van der Waals surface area (Å²) >= 11 is 6.10. The van der Waals surface area contributed by atoms with E-state index >= 15 is 0 Å². The predicted octanol–water partition coefficient (Wildman–Crippen LogP) is 3.60. The molecule has 17 heavy (non-hydrogen) atoms. The van der Waals surface area contributed by atoms with Crippen molar-refractivity contribution in [3.63, 3.8) is 0 Å². The van der Waals surface area contributed by atoms with E-state index in [-0.39, 0.29) is 5.41 Å². The van der Waals surface area contributed by atoms with E-state index < -0.39 is 0 Å². The van der Waals surface area contributed by atoms with Crippen molar-refractivity contribution in [3.8, 4) is 0 Å². The van der Waals surface area contributed by atoms with E-state index in [1.165, 1.54) is 10.5 Å². The Balaban J connectivity index is 2.63. The summed E-state index contributed by atoms with van der Waals surface area (Å²) in [6.45, 7) is 8.70. The van der Waals surface area contributed by atoms with E-state index in [1.54, 1.807) is 0 Å². The van der Waals surface area contributed by atoms with Gasteiger partial charge in [-0.2, -0.15) is 12.6 Å². The average molecular weight is 269 g/mol. The van der Waals surface area contributed by atoms with Crippen LogP contribution >= 0.6 is 24.4 Å². The van der Waals surface area contributed by atoms with E-state index in [1.807, 2.05) is 11.8 Å². The maximum atomic E-state index is 4.21.